The SMILES string of the molecule is O=C(NCCC(c1ccccc1)c1ccccc1)C(=O)NCc1cccs1. The molecule has 1 aromatic heterocycles. The zero-order valence-electron chi connectivity index (χ0n) is 14.9. The van der Waals surface area contributed by atoms with E-state index in [1.54, 1.807) is 11.3 Å². The average Bonchev–Trinajstić information content (AvgIpc) is 3.24. The molecule has 1 heterocycles. The second kappa shape index (κ2) is 9.69. The highest BCUT2D eigenvalue weighted by molar-refractivity contribution is 7.09. The number of nitrogens with one attached hydrogen (secondary N) is 2. The van der Waals surface area contributed by atoms with Crippen LogP contribution in [0.5, 0.6) is 0 Å². The van der Waals surface area contributed by atoms with E-state index in [4.69, 9.17) is 0 Å². The summed E-state index contributed by atoms with van der Waals surface area (Å²) in [4.78, 5) is 25.0. The van der Waals surface area contributed by atoms with Crippen LogP contribution in [0.3, 0.4) is 0 Å². The second-order valence-electron chi connectivity index (χ2n) is 6.18. The van der Waals surface area contributed by atoms with Crippen molar-refractivity contribution in [2.45, 2.75) is 18.9 Å². The molecule has 0 aliphatic heterocycles. The first-order valence-corrected chi connectivity index (χ1v) is 9.80. The van der Waals surface area contributed by atoms with E-state index in [1.807, 2.05) is 53.9 Å². The van der Waals surface area contributed by atoms with E-state index in [0.717, 1.165) is 11.3 Å². The summed E-state index contributed by atoms with van der Waals surface area (Å²) in [7, 11) is 0. The van der Waals surface area contributed by atoms with Crippen molar-refractivity contribution in [2.24, 2.45) is 0 Å². The molecule has 27 heavy (non-hydrogen) atoms. The molecule has 0 unspecified atom stereocenters. The van der Waals surface area contributed by atoms with Crippen molar-refractivity contribution in [1.82, 2.24) is 10.6 Å². The van der Waals surface area contributed by atoms with Gasteiger partial charge in [0.15, 0.2) is 0 Å². The van der Waals surface area contributed by atoms with Gasteiger partial charge in [-0.1, -0.05) is 66.7 Å². The minimum absolute atomic E-state index is 0.168. The van der Waals surface area contributed by atoms with Crippen molar-refractivity contribution in [2.75, 3.05) is 6.54 Å². The van der Waals surface area contributed by atoms with Crippen LogP contribution in [-0.2, 0) is 16.1 Å². The molecule has 0 saturated heterocycles. The molecule has 0 atom stereocenters. The van der Waals surface area contributed by atoms with Crippen molar-refractivity contribution < 1.29 is 9.59 Å². The molecule has 3 rings (SSSR count). The Bertz CT molecular complexity index is 809. The van der Waals surface area contributed by atoms with Crippen LogP contribution in [0.2, 0.25) is 0 Å². The molecule has 2 N–H and O–H groups in total. The summed E-state index contributed by atoms with van der Waals surface area (Å²) in [6.07, 6.45) is 0.720. The lowest BCUT2D eigenvalue weighted by atomic mass is 9.88. The molecule has 0 saturated carbocycles. The molecular formula is C22H22N2O2S. The Kier molecular flexibility index (Phi) is 6.77. The molecule has 0 fully saturated rings. The molecular weight excluding hydrogens is 356 g/mol. The third kappa shape index (κ3) is 5.53. The quantitative estimate of drug-likeness (QED) is 0.616. The Morgan fingerprint density at radius 3 is 1.93 bits per heavy atom. The number of benzene rings is 2. The zero-order valence-corrected chi connectivity index (χ0v) is 15.7. The first kappa shape index (κ1) is 18.9. The molecule has 2 aromatic carbocycles. The highest BCUT2D eigenvalue weighted by Gasteiger charge is 2.16. The smallest absolute Gasteiger partial charge is 0.309 e. The van der Waals surface area contributed by atoms with Crippen LogP contribution in [0.1, 0.15) is 28.3 Å². The summed E-state index contributed by atoms with van der Waals surface area (Å²) in [5, 5.41) is 7.32. The lowest BCUT2D eigenvalue weighted by molar-refractivity contribution is -0.139. The maximum absolute atomic E-state index is 12.0. The highest BCUT2D eigenvalue weighted by atomic mass is 32.1. The van der Waals surface area contributed by atoms with Gasteiger partial charge in [-0.05, 0) is 29.0 Å². The zero-order chi connectivity index (χ0) is 18.9. The van der Waals surface area contributed by atoms with Crippen molar-refractivity contribution in [3.63, 3.8) is 0 Å². The molecule has 0 bridgehead atoms. The molecule has 0 aliphatic rings. The Morgan fingerprint density at radius 1 is 0.778 bits per heavy atom. The van der Waals surface area contributed by atoms with E-state index in [-0.39, 0.29) is 5.92 Å². The van der Waals surface area contributed by atoms with Crippen LogP contribution in [0.4, 0.5) is 0 Å². The summed E-state index contributed by atoms with van der Waals surface area (Å²) in [5.74, 6) is -1.02. The highest BCUT2D eigenvalue weighted by Crippen LogP contribution is 2.27. The lowest BCUT2D eigenvalue weighted by Crippen LogP contribution is -2.40. The number of carbonyl (C=O) groups excluding carboxylic acids is 2. The van der Waals surface area contributed by atoms with Crippen LogP contribution in [-0.4, -0.2) is 18.4 Å². The van der Waals surface area contributed by atoms with Gasteiger partial charge in [-0.3, -0.25) is 9.59 Å². The van der Waals surface area contributed by atoms with Gasteiger partial charge in [0.25, 0.3) is 0 Å². The maximum atomic E-state index is 12.0. The molecule has 2 amide bonds. The predicted octanol–water partition coefficient (Wildman–Crippen LogP) is 3.70. The van der Waals surface area contributed by atoms with Crippen LogP contribution < -0.4 is 10.6 Å². The molecule has 4 nitrogen and oxygen atoms in total. The van der Waals surface area contributed by atoms with Crippen LogP contribution in [0, 0.1) is 0 Å². The van der Waals surface area contributed by atoms with E-state index >= 15 is 0 Å². The lowest BCUT2D eigenvalue weighted by Gasteiger charge is -2.18. The van der Waals surface area contributed by atoms with Crippen molar-refractivity contribution >= 4 is 23.2 Å². The number of carbonyl (C=O) groups is 2. The average molecular weight is 378 g/mol. The number of hydrogen-bond acceptors (Lipinski definition) is 3. The second-order valence-corrected chi connectivity index (χ2v) is 7.21. The summed E-state index contributed by atoms with van der Waals surface area (Å²) in [5.41, 5.74) is 2.39. The molecule has 0 aliphatic carbocycles. The Balaban J connectivity index is 1.54. The predicted molar refractivity (Wildman–Crippen MR) is 109 cm³/mol. The molecule has 138 valence electrons. The van der Waals surface area contributed by atoms with Gasteiger partial charge < -0.3 is 10.6 Å². The molecule has 0 spiro atoms. The topological polar surface area (TPSA) is 58.2 Å². The van der Waals surface area contributed by atoms with Crippen LogP contribution in [0.15, 0.2) is 78.2 Å². The Hall–Kier alpha value is -2.92. The third-order valence-corrected chi connectivity index (χ3v) is 5.21. The Morgan fingerprint density at radius 2 is 1.37 bits per heavy atom. The normalized spacial score (nSPS) is 10.6. The van der Waals surface area contributed by atoms with Crippen molar-refractivity contribution in [3.8, 4) is 0 Å². The molecule has 0 radical (unpaired) electrons. The first-order valence-electron chi connectivity index (χ1n) is 8.92. The van der Waals surface area contributed by atoms with E-state index in [0.29, 0.717) is 13.1 Å². The summed E-state index contributed by atoms with van der Waals surface area (Å²) < 4.78 is 0. The van der Waals surface area contributed by atoms with Gasteiger partial charge in [0.05, 0.1) is 6.54 Å². The maximum Gasteiger partial charge on any atom is 0.309 e. The standard InChI is InChI=1S/C22H22N2O2S/c25-21(22(26)24-16-19-12-7-15-27-19)23-14-13-20(17-8-3-1-4-9-17)18-10-5-2-6-11-18/h1-12,15,20H,13-14,16H2,(H,23,25)(H,24,26). The minimum atomic E-state index is -0.598. The Labute approximate surface area is 163 Å². The fourth-order valence-corrected chi connectivity index (χ4v) is 3.61. The van der Waals surface area contributed by atoms with Crippen LogP contribution >= 0.6 is 11.3 Å². The van der Waals surface area contributed by atoms with Crippen molar-refractivity contribution in [1.29, 1.82) is 0 Å². The van der Waals surface area contributed by atoms with E-state index in [9.17, 15) is 9.59 Å². The fourth-order valence-electron chi connectivity index (χ4n) is 2.97. The molecule has 5 heteroatoms. The number of hydrogen-bond donors (Lipinski definition) is 2. The van der Waals surface area contributed by atoms with Gasteiger partial charge in [0, 0.05) is 17.3 Å². The summed E-state index contributed by atoms with van der Waals surface area (Å²) in [6, 6.07) is 24.2. The summed E-state index contributed by atoms with van der Waals surface area (Å²) >= 11 is 1.55. The summed E-state index contributed by atoms with van der Waals surface area (Å²) in [6.45, 7) is 0.806. The van der Waals surface area contributed by atoms with Gasteiger partial charge in [-0.15, -0.1) is 11.3 Å². The van der Waals surface area contributed by atoms with Crippen LogP contribution in [0.25, 0.3) is 0 Å². The van der Waals surface area contributed by atoms with Gasteiger partial charge in [0.2, 0.25) is 0 Å². The minimum Gasteiger partial charge on any atom is -0.348 e. The van der Waals surface area contributed by atoms with Gasteiger partial charge in [-0.2, -0.15) is 0 Å². The van der Waals surface area contributed by atoms with Gasteiger partial charge in [-0.25, -0.2) is 0 Å². The number of thiophene rings is 1. The third-order valence-electron chi connectivity index (χ3n) is 4.33. The largest absolute Gasteiger partial charge is 0.348 e. The van der Waals surface area contributed by atoms with Crippen molar-refractivity contribution in [3.05, 3.63) is 94.2 Å². The number of amides is 2. The van der Waals surface area contributed by atoms with E-state index < -0.39 is 11.8 Å². The van der Waals surface area contributed by atoms with Gasteiger partial charge in [0.1, 0.15) is 0 Å². The van der Waals surface area contributed by atoms with E-state index in [1.165, 1.54) is 11.1 Å². The number of rotatable bonds is 7. The first-order chi connectivity index (χ1) is 13.2. The van der Waals surface area contributed by atoms with Gasteiger partial charge >= 0.3 is 11.8 Å². The molecule has 3 aromatic rings. The monoisotopic (exact) mass is 378 g/mol. The van der Waals surface area contributed by atoms with E-state index in [2.05, 4.69) is 34.9 Å². The fraction of sp³-hybridized carbons (Fsp3) is 0.182.